The molecule has 98 valence electrons. The van der Waals surface area contributed by atoms with Crippen molar-refractivity contribution in [3.63, 3.8) is 0 Å². The second-order valence-electron chi connectivity index (χ2n) is 3.38. The summed E-state index contributed by atoms with van der Waals surface area (Å²) in [7, 11) is 0. The molecule has 0 heterocycles. The number of aliphatic carboxylic acids is 1. The van der Waals surface area contributed by atoms with E-state index in [0.29, 0.717) is 5.75 Å². The molecule has 0 unspecified atom stereocenters. The van der Waals surface area contributed by atoms with Gasteiger partial charge < -0.3 is 20.3 Å². The third kappa shape index (κ3) is 4.72. The van der Waals surface area contributed by atoms with Crippen LogP contribution in [-0.2, 0) is 9.59 Å². The molecule has 0 aliphatic heterocycles. The summed E-state index contributed by atoms with van der Waals surface area (Å²) in [5.41, 5.74) is 0. The van der Waals surface area contributed by atoms with E-state index in [9.17, 15) is 9.59 Å². The van der Waals surface area contributed by atoms with Crippen molar-refractivity contribution in [3.05, 3.63) is 28.7 Å². The smallest absolute Gasteiger partial charge is 0.328 e. The summed E-state index contributed by atoms with van der Waals surface area (Å²) in [6, 6.07) is 5.52. The van der Waals surface area contributed by atoms with Crippen molar-refractivity contribution in [2.75, 3.05) is 13.2 Å². The summed E-state index contributed by atoms with van der Waals surface area (Å²) in [5, 5.41) is 19.5. The monoisotopic (exact) mass is 317 g/mol. The van der Waals surface area contributed by atoms with E-state index in [1.165, 1.54) is 0 Å². The van der Waals surface area contributed by atoms with Gasteiger partial charge in [0.1, 0.15) is 11.8 Å². The standard InChI is InChI=1S/C11H12BrNO5/c12-7-1-3-8(4-2-7)18-6-10(15)13-9(5-14)11(16)17/h1-4,9,14H,5-6H2,(H,13,15)(H,16,17)/t9-/m1/s1. The number of hydrogen-bond acceptors (Lipinski definition) is 4. The lowest BCUT2D eigenvalue weighted by molar-refractivity contribution is -0.143. The fourth-order valence-electron chi connectivity index (χ4n) is 1.10. The van der Waals surface area contributed by atoms with Crippen LogP contribution in [-0.4, -0.2) is 41.3 Å². The number of carboxylic acid groups (broad SMARTS) is 1. The van der Waals surface area contributed by atoms with E-state index in [0.717, 1.165) is 4.47 Å². The number of carbonyl (C=O) groups is 2. The molecule has 0 saturated heterocycles. The fraction of sp³-hybridized carbons (Fsp3) is 0.273. The predicted molar refractivity (Wildman–Crippen MR) is 66.3 cm³/mol. The van der Waals surface area contributed by atoms with E-state index < -0.39 is 24.5 Å². The molecule has 1 amide bonds. The minimum absolute atomic E-state index is 0.314. The molecular formula is C11H12BrNO5. The van der Waals surface area contributed by atoms with Gasteiger partial charge in [0.05, 0.1) is 6.61 Å². The maximum atomic E-state index is 11.3. The third-order valence-corrected chi connectivity index (χ3v) is 2.53. The highest BCUT2D eigenvalue weighted by Crippen LogP contribution is 2.15. The Hall–Kier alpha value is -1.60. The SMILES string of the molecule is O=C(COc1ccc(Br)cc1)N[C@H](CO)C(=O)O. The van der Waals surface area contributed by atoms with Crippen LogP contribution in [0.2, 0.25) is 0 Å². The Morgan fingerprint density at radius 1 is 1.33 bits per heavy atom. The summed E-state index contributed by atoms with van der Waals surface area (Å²) in [6.45, 7) is -0.981. The first-order valence-electron chi connectivity index (χ1n) is 5.04. The quantitative estimate of drug-likeness (QED) is 0.705. The molecule has 1 atom stereocenters. The summed E-state index contributed by atoms with van der Waals surface area (Å²) in [6.07, 6.45) is 0. The molecule has 0 aromatic heterocycles. The average Bonchev–Trinajstić information content (AvgIpc) is 2.35. The minimum Gasteiger partial charge on any atom is -0.484 e. The van der Waals surface area contributed by atoms with Gasteiger partial charge >= 0.3 is 5.97 Å². The molecule has 1 aromatic carbocycles. The fourth-order valence-corrected chi connectivity index (χ4v) is 1.37. The van der Waals surface area contributed by atoms with E-state index in [4.69, 9.17) is 14.9 Å². The maximum Gasteiger partial charge on any atom is 0.328 e. The molecule has 0 aliphatic carbocycles. The molecule has 0 aliphatic rings. The number of halogens is 1. The molecule has 0 fully saturated rings. The first-order valence-corrected chi connectivity index (χ1v) is 5.83. The molecule has 3 N–H and O–H groups in total. The number of ether oxygens (including phenoxy) is 1. The van der Waals surface area contributed by atoms with Crippen molar-refractivity contribution in [2.24, 2.45) is 0 Å². The van der Waals surface area contributed by atoms with E-state index in [2.05, 4.69) is 21.2 Å². The predicted octanol–water partition coefficient (Wildman–Crippen LogP) is 0.390. The molecule has 1 aromatic rings. The number of amides is 1. The molecular weight excluding hydrogens is 306 g/mol. The third-order valence-electron chi connectivity index (χ3n) is 2.00. The zero-order valence-corrected chi connectivity index (χ0v) is 10.9. The van der Waals surface area contributed by atoms with Crippen molar-refractivity contribution in [1.82, 2.24) is 5.32 Å². The van der Waals surface area contributed by atoms with Crippen molar-refractivity contribution in [1.29, 1.82) is 0 Å². The number of hydrogen-bond donors (Lipinski definition) is 3. The lowest BCUT2D eigenvalue weighted by Crippen LogP contribution is -2.45. The highest BCUT2D eigenvalue weighted by atomic mass is 79.9. The maximum absolute atomic E-state index is 11.3. The number of aliphatic hydroxyl groups is 1. The highest BCUT2D eigenvalue weighted by Gasteiger charge is 2.18. The van der Waals surface area contributed by atoms with Gasteiger partial charge in [0.25, 0.3) is 5.91 Å². The van der Waals surface area contributed by atoms with Gasteiger partial charge in [-0.2, -0.15) is 0 Å². The molecule has 0 spiro atoms. The van der Waals surface area contributed by atoms with E-state index in [1.807, 2.05) is 0 Å². The largest absolute Gasteiger partial charge is 0.484 e. The zero-order chi connectivity index (χ0) is 13.5. The van der Waals surface area contributed by atoms with Crippen LogP contribution >= 0.6 is 15.9 Å². The topological polar surface area (TPSA) is 95.9 Å². The van der Waals surface area contributed by atoms with Crippen LogP contribution in [0.15, 0.2) is 28.7 Å². The van der Waals surface area contributed by atoms with Gasteiger partial charge in [-0.1, -0.05) is 15.9 Å². The Labute approximate surface area is 112 Å². The highest BCUT2D eigenvalue weighted by molar-refractivity contribution is 9.10. The van der Waals surface area contributed by atoms with Crippen molar-refractivity contribution in [3.8, 4) is 5.75 Å². The van der Waals surface area contributed by atoms with Crippen LogP contribution in [0.4, 0.5) is 0 Å². The Morgan fingerprint density at radius 3 is 2.44 bits per heavy atom. The van der Waals surface area contributed by atoms with Crippen LogP contribution in [0.3, 0.4) is 0 Å². The van der Waals surface area contributed by atoms with Crippen LogP contribution in [0.5, 0.6) is 5.75 Å². The number of rotatable bonds is 6. The summed E-state index contributed by atoms with van der Waals surface area (Å²) >= 11 is 3.26. The summed E-state index contributed by atoms with van der Waals surface area (Å²) in [5.74, 6) is -1.42. The van der Waals surface area contributed by atoms with Crippen LogP contribution in [0.1, 0.15) is 0 Å². The van der Waals surface area contributed by atoms with Gasteiger partial charge in [0.15, 0.2) is 6.61 Å². The van der Waals surface area contributed by atoms with Gasteiger partial charge in [-0.15, -0.1) is 0 Å². The number of nitrogens with one attached hydrogen (secondary N) is 1. The first-order chi connectivity index (χ1) is 8.52. The Bertz CT molecular complexity index is 420. The number of carboxylic acids is 1. The van der Waals surface area contributed by atoms with Crippen molar-refractivity contribution >= 4 is 27.8 Å². The summed E-state index contributed by atoms with van der Waals surface area (Å²) in [4.78, 5) is 21.9. The summed E-state index contributed by atoms with van der Waals surface area (Å²) < 4.78 is 6.02. The van der Waals surface area contributed by atoms with Crippen LogP contribution in [0.25, 0.3) is 0 Å². The second kappa shape index (κ2) is 6.97. The average molecular weight is 318 g/mol. The van der Waals surface area contributed by atoms with Crippen LogP contribution in [0, 0.1) is 0 Å². The van der Waals surface area contributed by atoms with Gasteiger partial charge in [0.2, 0.25) is 0 Å². The number of aliphatic hydroxyl groups excluding tert-OH is 1. The Morgan fingerprint density at radius 2 is 1.94 bits per heavy atom. The Kier molecular flexibility index (Phi) is 5.60. The van der Waals surface area contributed by atoms with E-state index in [1.54, 1.807) is 24.3 Å². The number of carbonyl (C=O) groups excluding carboxylic acids is 1. The van der Waals surface area contributed by atoms with Gasteiger partial charge in [-0.25, -0.2) is 4.79 Å². The lowest BCUT2D eigenvalue weighted by Gasteiger charge is -2.12. The van der Waals surface area contributed by atoms with E-state index in [-0.39, 0.29) is 6.61 Å². The van der Waals surface area contributed by atoms with Crippen molar-refractivity contribution in [2.45, 2.75) is 6.04 Å². The van der Waals surface area contributed by atoms with Gasteiger partial charge in [-0.3, -0.25) is 4.79 Å². The zero-order valence-electron chi connectivity index (χ0n) is 9.30. The Balaban J connectivity index is 2.41. The molecule has 0 bridgehead atoms. The first kappa shape index (κ1) is 14.5. The van der Waals surface area contributed by atoms with Gasteiger partial charge in [0, 0.05) is 4.47 Å². The van der Waals surface area contributed by atoms with E-state index >= 15 is 0 Å². The number of benzene rings is 1. The van der Waals surface area contributed by atoms with Crippen LogP contribution < -0.4 is 10.1 Å². The molecule has 7 heteroatoms. The molecule has 18 heavy (non-hydrogen) atoms. The normalized spacial score (nSPS) is 11.7. The molecule has 1 rings (SSSR count). The molecule has 0 saturated carbocycles. The molecule has 0 radical (unpaired) electrons. The second-order valence-corrected chi connectivity index (χ2v) is 4.30. The lowest BCUT2D eigenvalue weighted by atomic mass is 10.3. The molecule has 6 nitrogen and oxygen atoms in total. The minimum atomic E-state index is -1.31. The van der Waals surface area contributed by atoms with Crippen molar-refractivity contribution < 1.29 is 24.5 Å². The van der Waals surface area contributed by atoms with Gasteiger partial charge in [-0.05, 0) is 24.3 Å².